The minimum absolute atomic E-state index is 0.00822. The molecule has 0 radical (unpaired) electrons. The van der Waals surface area contributed by atoms with Gasteiger partial charge in [0.1, 0.15) is 6.04 Å². The Labute approximate surface area is 132 Å². The molecule has 2 heterocycles. The summed E-state index contributed by atoms with van der Waals surface area (Å²) in [7, 11) is 0. The number of morpholine rings is 1. The third-order valence-electron chi connectivity index (χ3n) is 4.36. The number of hydrogen-bond donors (Lipinski definition) is 2. The van der Waals surface area contributed by atoms with E-state index in [2.05, 4.69) is 22.5 Å². The van der Waals surface area contributed by atoms with Gasteiger partial charge in [0.05, 0.1) is 13.2 Å². The first-order valence-corrected chi connectivity index (χ1v) is 8.23. The molecule has 2 aliphatic rings. The Morgan fingerprint density at radius 1 is 1.09 bits per heavy atom. The van der Waals surface area contributed by atoms with E-state index in [-0.39, 0.29) is 18.0 Å². The number of carbonyl (C=O) groups excluding carboxylic acids is 2. The van der Waals surface area contributed by atoms with Gasteiger partial charge in [0.2, 0.25) is 5.91 Å². The molecule has 7 nitrogen and oxygen atoms in total. The highest BCUT2D eigenvalue weighted by Gasteiger charge is 2.24. The zero-order valence-electron chi connectivity index (χ0n) is 13.6. The molecule has 22 heavy (non-hydrogen) atoms. The second kappa shape index (κ2) is 8.33. The van der Waals surface area contributed by atoms with Crippen molar-refractivity contribution in [2.45, 2.75) is 38.8 Å². The van der Waals surface area contributed by atoms with Crippen LogP contribution in [0.25, 0.3) is 0 Å². The molecule has 0 aromatic rings. The highest BCUT2D eigenvalue weighted by atomic mass is 16.5. The first kappa shape index (κ1) is 17.0. The molecule has 0 bridgehead atoms. The zero-order chi connectivity index (χ0) is 15.9. The molecule has 2 aliphatic heterocycles. The molecule has 2 fully saturated rings. The Morgan fingerprint density at radius 3 is 2.36 bits per heavy atom. The van der Waals surface area contributed by atoms with Crippen LogP contribution in [-0.4, -0.2) is 79.8 Å². The molecule has 2 atom stereocenters. The van der Waals surface area contributed by atoms with Crippen LogP contribution in [-0.2, 0) is 9.53 Å². The topological polar surface area (TPSA) is 73.9 Å². The van der Waals surface area contributed by atoms with Gasteiger partial charge in [-0.3, -0.25) is 9.69 Å². The molecule has 2 N–H and O–H groups in total. The highest BCUT2D eigenvalue weighted by molar-refractivity contribution is 5.86. The molecule has 3 amide bonds. The summed E-state index contributed by atoms with van der Waals surface area (Å²) >= 11 is 0. The Hall–Kier alpha value is -1.34. The lowest BCUT2D eigenvalue weighted by Crippen LogP contribution is -2.52. The fraction of sp³-hybridized carbons (Fsp3) is 0.867. The van der Waals surface area contributed by atoms with Crippen LogP contribution >= 0.6 is 0 Å². The van der Waals surface area contributed by atoms with E-state index in [1.54, 1.807) is 6.92 Å². The molecule has 2 saturated heterocycles. The largest absolute Gasteiger partial charge is 0.379 e. The van der Waals surface area contributed by atoms with Gasteiger partial charge in [0.25, 0.3) is 0 Å². The molecule has 126 valence electrons. The first-order chi connectivity index (χ1) is 10.6. The van der Waals surface area contributed by atoms with Crippen molar-refractivity contribution < 1.29 is 14.3 Å². The molecule has 0 saturated carbocycles. The lowest BCUT2D eigenvalue weighted by Gasteiger charge is -2.32. The van der Waals surface area contributed by atoms with Crippen molar-refractivity contribution in [1.82, 2.24) is 20.4 Å². The molecule has 0 aromatic heterocycles. The van der Waals surface area contributed by atoms with Gasteiger partial charge in [0.15, 0.2) is 0 Å². The average Bonchev–Trinajstić information content (AvgIpc) is 3.07. The van der Waals surface area contributed by atoms with E-state index in [0.717, 1.165) is 52.2 Å². The first-order valence-electron chi connectivity index (χ1n) is 8.23. The number of rotatable bonds is 5. The van der Waals surface area contributed by atoms with E-state index in [4.69, 9.17) is 4.74 Å². The maximum atomic E-state index is 12.1. The van der Waals surface area contributed by atoms with Crippen molar-refractivity contribution >= 4 is 11.9 Å². The van der Waals surface area contributed by atoms with Gasteiger partial charge in [0, 0.05) is 38.8 Å². The number of likely N-dealkylation sites (tertiary alicyclic amines) is 1. The predicted molar refractivity (Wildman–Crippen MR) is 83.7 cm³/mol. The van der Waals surface area contributed by atoms with Crippen molar-refractivity contribution in [3.05, 3.63) is 0 Å². The summed E-state index contributed by atoms with van der Waals surface area (Å²) in [4.78, 5) is 28.2. The van der Waals surface area contributed by atoms with Crippen LogP contribution in [0, 0.1) is 0 Å². The average molecular weight is 312 g/mol. The van der Waals surface area contributed by atoms with Gasteiger partial charge in [-0.15, -0.1) is 0 Å². The van der Waals surface area contributed by atoms with Gasteiger partial charge < -0.3 is 20.3 Å². The van der Waals surface area contributed by atoms with Crippen LogP contribution in [0.15, 0.2) is 0 Å². The van der Waals surface area contributed by atoms with Crippen LogP contribution in [0.1, 0.15) is 26.7 Å². The highest BCUT2D eigenvalue weighted by Crippen LogP contribution is 2.09. The summed E-state index contributed by atoms with van der Waals surface area (Å²) in [5.41, 5.74) is 0. The molecule has 7 heteroatoms. The fourth-order valence-electron chi connectivity index (χ4n) is 2.91. The van der Waals surface area contributed by atoms with E-state index in [1.165, 1.54) is 0 Å². The van der Waals surface area contributed by atoms with E-state index in [0.29, 0.717) is 6.54 Å². The Bertz CT molecular complexity index is 379. The smallest absolute Gasteiger partial charge is 0.315 e. The fourth-order valence-corrected chi connectivity index (χ4v) is 2.91. The zero-order valence-corrected chi connectivity index (χ0v) is 13.6. The van der Waals surface area contributed by atoms with Crippen LogP contribution in [0.5, 0.6) is 0 Å². The monoisotopic (exact) mass is 312 g/mol. The maximum absolute atomic E-state index is 12.1. The molecular formula is C15H28N4O3. The van der Waals surface area contributed by atoms with E-state index < -0.39 is 6.04 Å². The minimum Gasteiger partial charge on any atom is -0.379 e. The summed E-state index contributed by atoms with van der Waals surface area (Å²) < 4.78 is 5.32. The maximum Gasteiger partial charge on any atom is 0.315 e. The van der Waals surface area contributed by atoms with Crippen LogP contribution in [0.2, 0.25) is 0 Å². The normalized spacial score (nSPS) is 22.2. The molecular weight excluding hydrogens is 284 g/mol. The summed E-state index contributed by atoms with van der Waals surface area (Å²) in [6.07, 6.45) is 2.11. The number of hydrogen-bond acceptors (Lipinski definition) is 4. The standard InChI is InChI=1S/C15H28N4O3/c1-12(18-7-9-22-10-8-18)11-16-15(21)17-13(2)14(20)19-5-3-4-6-19/h12-13H,3-11H2,1-2H3,(H2,16,17,21)/t12-,13-/m0/s1. The van der Waals surface area contributed by atoms with Gasteiger partial charge >= 0.3 is 6.03 Å². The number of carbonyl (C=O) groups is 2. The second-order valence-corrected chi connectivity index (χ2v) is 6.11. The summed E-state index contributed by atoms with van der Waals surface area (Å²) in [5.74, 6) is 0.00822. The van der Waals surface area contributed by atoms with Gasteiger partial charge in [-0.05, 0) is 26.7 Å². The predicted octanol–water partition coefficient (Wildman–Crippen LogP) is 0.0172. The molecule has 2 rings (SSSR count). The second-order valence-electron chi connectivity index (χ2n) is 6.11. The lowest BCUT2D eigenvalue weighted by molar-refractivity contribution is -0.131. The van der Waals surface area contributed by atoms with E-state index in [1.807, 2.05) is 4.90 Å². The number of nitrogens with zero attached hydrogens (tertiary/aromatic N) is 2. The van der Waals surface area contributed by atoms with E-state index in [9.17, 15) is 9.59 Å². The van der Waals surface area contributed by atoms with Crippen molar-refractivity contribution in [3.63, 3.8) is 0 Å². The van der Waals surface area contributed by atoms with Crippen molar-refractivity contribution in [1.29, 1.82) is 0 Å². The van der Waals surface area contributed by atoms with Crippen LogP contribution in [0.3, 0.4) is 0 Å². The Balaban J connectivity index is 1.67. The van der Waals surface area contributed by atoms with Crippen molar-refractivity contribution in [2.75, 3.05) is 45.9 Å². The molecule has 0 aliphatic carbocycles. The third kappa shape index (κ3) is 4.84. The molecule has 0 unspecified atom stereocenters. The van der Waals surface area contributed by atoms with Crippen LogP contribution in [0.4, 0.5) is 4.79 Å². The summed E-state index contributed by atoms with van der Waals surface area (Å²) in [5, 5.41) is 5.58. The van der Waals surface area contributed by atoms with Gasteiger partial charge in [-0.25, -0.2) is 4.79 Å². The summed E-state index contributed by atoms with van der Waals surface area (Å²) in [6.45, 7) is 9.30. The number of amides is 3. The number of nitrogens with one attached hydrogen (secondary N) is 2. The quantitative estimate of drug-likeness (QED) is 0.750. The van der Waals surface area contributed by atoms with Crippen molar-refractivity contribution in [2.24, 2.45) is 0 Å². The molecule has 0 spiro atoms. The van der Waals surface area contributed by atoms with Crippen LogP contribution < -0.4 is 10.6 Å². The Morgan fingerprint density at radius 2 is 1.73 bits per heavy atom. The van der Waals surface area contributed by atoms with Gasteiger partial charge in [-0.1, -0.05) is 0 Å². The SMILES string of the molecule is C[C@H](NC(=O)NC[C@H](C)N1CCOCC1)C(=O)N1CCCC1. The van der Waals surface area contributed by atoms with Crippen molar-refractivity contribution in [3.8, 4) is 0 Å². The third-order valence-corrected chi connectivity index (χ3v) is 4.36. The van der Waals surface area contributed by atoms with Gasteiger partial charge in [-0.2, -0.15) is 0 Å². The summed E-state index contributed by atoms with van der Waals surface area (Å²) in [6, 6.07) is -0.490. The minimum atomic E-state index is -0.475. The lowest BCUT2D eigenvalue weighted by atomic mass is 10.2. The number of urea groups is 1. The Kier molecular flexibility index (Phi) is 6.45. The van der Waals surface area contributed by atoms with E-state index >= 15 is 0 Å². The molecule has 0 aromatic carbocycles. The number of ether oxygens (including phenoxy) is 1.